The van der Waals surface area contributed by atoms with Crippen molar-refractivity contribution < 1.29 is 9.59 Å². The van der Waals surface area contributed by atoms with Crippen LogP contribution in [0.25, 0.3) is 11.1 Å². The predicted molar refractivity (Wildman–Crippen MR) is 131 cm³/mol. The second-order valence-electron chi connectivity index (χ2n) is 8.46. The molecule has 1 aliphatic rings. The van der Waals surface area contributed by atoms with Crippen molar-refractivity contribution in [1.29, 1.82) is 0 Å². The van der Waals surface area contributed by atoms with Crippen molar-refractivity contribution in [3.05, 3.63) is 102 Å². The molecule has 1 saturated heterocycles. The SMILES string of the molecule is C=CCN1CCN(C(=O)c2ccccn2)C[C@H](Cc2cccc(-c3ccccc3C)c2)C1=O. The lowest BCUT2D eigenvalue weighted by atomic mass is 9.93. The maximum Gasteiger partial charge on any atom is 0.272 e. The summed E-state index contributed by atoms with van der Waals surface area (Å²) in [4.78, 5) is 34.3. The normalized spacial score (nSPS) is 16.4. The van der Waals surface area contributed by atoms with Gasteiger partial charge in [0.25, 0.3) is 5.91 Å². The molecular weight excluding hydrogens is 410 g/mol. The van der Waals surface area contributed by atoms with Crippen LogP contribution in [0.4, 0.5) is 0 Å². The lowest BCUT2D eigenvalue weighted by Gasteiger charge is -2.23. The third kappa shape index (κ3) is 5.20. The fourth-order valence-corrected chi connectivity index (χ4v) is 4.42. The Kier molecular flexibility index (Phi) is 6.98. The molecule has 168 valence electrons. The molecule has 33 heavy (non-hydrogen) atoms. The van der Waals surface area contributed by atoms with Crippen molar-refractivity contribution in [2.75, 3.05) is 26.2 Å². The quantitative estimate of drug-likeness (QED) is 0.536. The number of aryl methyl sites for hydroxylation is 1. The summed E-state index contributed by atoms with van der Waals surface area (Å²) >= 11 is 0. The van der Waals surface area contributed by atoms with E-state index in [0.717, 1.165) is 11.1 Å². The number of hydrogen-bond acceptors (Lipinski definition) is 3. The van der Waals surface area contributed by atoms with Crippen molar-refractivity contribution in [3.8, 4) is 11.1 Å². The Morgan fingerprint density at radius 1 is 1.09 bits per heavy atom. The van der Waals surface area contributed by atoms with E-state index < -0.39 is 0 Å². The molecule has 4 rings (SSSR count). The zero-order valence-electron chi connectivity index (χ0n) is 19.0. The van der Waals surface area contributed by atoms with Gasteiger partial charge in [0, 0.05) is 32.4 Å². The fourth-order valence-electron chi connectivity index (χ4n) is 4.42. The summed E-state index contributed by atoms with van der Waals surface area (Å²) < 4.78 is 0. The van der Waals surface area contributed by atoms with Crippen molar-refractivity contribution in [2.45, 2.75) is 13.3 Å². The third-order valence-corrected chi connectivity index (χ3v) is 6.13. The Bertz CT molecular complexity index is 1140. The van der Waals surface area contributed by atoms with Crippen LogP contribution in [0.3, 0.4) is 0 Å². The second-order valence-corrected chi connectivity index (χ2v) is 8.46. The lowest BCUT2D eigenvalue weighted by Crippen LogP contribution is -2.38. The minimum absolute atomic E-state index is 0.0625. The van der Waals surface area contributed by atoms with Crippen LogP contribution >= 0.6 is 0 Å². The molecule has 1 atom stereocenters. The van der Waals surface area contributed by atoms with E-state index in [9.17, 15) is 9.59 Å². The monoisotopic (exact) mass is 439 g/mol. The Balaban J connectivity index is 1.60. The fraction of sp³-hybridized carbons (Fsp3) is 0.250. The van der Waals surface area contributed by atoms with Gasteiger partial charge in [0.15, 0.2) is 0 Å². The van der Waals surface area contributed by atoms with Gasteiger partial charge in [-0.25, -0.2) is 0 Å². The maximum atomic E-state index is 13.4. The predicted octanol–water partition coefficient (Wildman–Crippen LogP) is 4.39. The first-order valence-corrected chi connectivity index (χ1v) is 11.3. The summed E-state index contributed by atoms with van der Waals surface area (Å²) in [5.41, 5.74) is 5.02. The van der Waals surface area contributed by atoms with Gasteiger partial charge in [-0.05, 0) is 47.7 Å². The molecule has 0 spiro atoms. The topological polar surface area (TPSA) is 53.5 Å². The van der Waals surface area contributed by atoms with Gasteiger partial charge in [-0.3, -0.25) is 14.6 Å². The Labute approximate surface area is 195 Å². The second kappa shape index (κ2) is 10.3. The maximum absolute atomic E-state index is 13.4. The van der Waals surface area contributed by atoms with Gasteiger partial charge in [-0.15, -0.1) is 6.58 Å². The number of pyridine rings is 1. The average Bonchev–Trinajstić information content (AvgIpc) is 2.99. The standard InChI is InChI=1S/C28H29N3O2/c1-3-15-30-16-17-31(28(33)26-13-6-7-14-29-26)20-24(27(30)32)19-22-10-8-11-23(18-22)25-12-5-4-9-21(25)2/h3-14,18,24H,1,15-17,19-20H2,2H3/t24-/m0/s1. The van der Waals surface area contributed by atoms with Gasteiger partial charge < -0.3 is 9.80 Å². The Hall–Kier alpha value is -3.73. The van der Waals surface area contributed by atoms with Gasteiger partial charge in [0.2, 0.25) is 5.91 Å². The summed E-state index contributed by atoms with van der Waals surface area (Å²) in [6.07, 6.45) is 3.93. The minimum Gasteiger partial charge on any atom is -0.337 e. The molecule has 0 radical (unpaired) electrons. The largest absolute Gasteiger partial charge is 0.337 e. The summed E-state index contributed by atoms with van der Waals surface area (Å²) in [6, 6.07) is 22.0. The van der Waals surface area contributed by atoms with E-state index in [1.54, 1.807) is 34.2 Å². The summed E-state index contributed by atoms with van der Waals surface area (Å²) in [5.74, 6) is -0.401. The number of amides is 2. The summed E-state index contributed by atoms with van der Waals surface area (Å²) in [6.45, 7) is 7.72. The highest BCUT2D eigenvalue weighted by Gasteiger charge is 2.32. The van der Waals surface area contributed by atoms with Gasteiger partial charge in [-0.1, -0.05) is 60.7 Å². The molecule has 2 heterocycles. The number of nitrogens with zero attached hydrogens (tertiary/aromatic N) is 3. The van der Waals surface area contributed by atoms with E-state index >= 15 is 0 Å². The van der Waals surface area contributed by atoms with Gasteiger partial charge in [0.05, 0.1) is 5.92 Å². The van der Waals surface area contributed by atoms with Crippen LogP contribution in [0.1, 0.15) is 21.6 Å². The zero-order chi connectivity index (χ0) is 23.2. The number of rotatable bonds is 6. The molecule has 0 unspecified atom stereocenters. The number of benzene rings is 2. The van der Waals surface area contributed by atoms with Crippen molar-refractivity contribution in [3.63, 3.8) is 0 Å². The van der Waals surface area contributed by atoms with E-state index in [-0.39, 0.29) is 17.7 Å². The third-order valence-electron chi connectivity index (χ3n) is 6.13. The highest BCUT2D eigenvalue weighted by atomic mass is 16.2. The van der Waals surface area contributed by atoms with Crippen molar-refractivity contribution >= 4 is 11.8 Å². The van der Waals surface area contributed by atoms with Crippen LogP contribution in [0.5, 0.6) is 0 Å². The van der Waals surface area contributed by atoms with E-state index in [4.69, 9.17) is 0 Å². The molecule has 2 aromatic carbocycles. The molecule has 0 saturated carbocycles. The molecule has 0 N–H and O–H groups in total. The van der Waals surface area contributed by atoms with Crippen LogP contribution < -0.4 is 0 Å². The number of carbonyl (C=O) groups is 2. The molecule has 0 bridgehead atoms. The number of carbonyl (C=O) groups excluding carboxylic acids is 2. The lowest BCUT2D eigenvalue weighted by molar-refractivity contribution is -0.134. The first-order chi connectivity index (χ1) is 16.1. The molecule has 1 aliphatic heterocycles. The molecule has 3 aromatic rings. The molecule has 5 nitrogen and oxygen atoms in total. The minimum atomic E-state index is -0.327. The highest BCUT2D eigenvalue weighted by Crippen LogP contribution is 2.26. The van der Waals surface area contributed by atoms with Crippen LogP contribution in [-0.4, -0.2) is 52.8 Å². The zero-order valence-corrected chi connectivity index (χ0v) is 19.0. The average molecular weight is 440 g/mol. The van der Waals surface area contributed by atoms with Crippen LogP contribution in [0, 0.1) is 12.8 Å². The highest BCUT2D eigenvalue weighted by molar-refractivity contribution is 5.93. The number of aromatic nitrogens is 1. The smallest absolute Gasteiger partial charge is 0.272 e. The first kappa shape index (κ1) is 22.5. The van der Waals surface area contributed by atoms with Crippen LogP contribution in [-0.2, 0) is 11.2 Å². The molecule has 1 fully saturated rings. The summed E-state index contributed by atoms with van der Waals surface area (Å²) in [5, 5.41) is 0. The van der Waals surface area contributed by atoms with Crippen LogP contribution in [0.2, 0.25) is 0 Å². The first-order valence-electron chi connectivity index (χ1n) is 11.3. The van der Waals surface area contributed by atoms with Crippen LogP contribution in [0.15, 0.2) is 85.6 Å². The summed E-state index contributed by atoms with van der Waals surface area (Å²) in [7, 11) is 0. The Morgan fingerprint density at radius 3 is 2.67 bits per heavy atom. The number of hydrogen-bond donors (Lipinski definition) is 0. The molecule has 1 aromatic heterocycles. The van der Waals surface area contributed by atoms with Gasteiger partial charge in [-0.2, -0.15) is 0 Å². The Morgan fingerprint density at radius 2 is 1.91 bits per heavy atom. The van der Waals surface area contributed by atoms with E-state index in [1.807, 2.05) is 24.3 Å². The van der Waals surface area contributed by atoms with Gasteiger partial charge >= 0.3 is 0 Å². The molecule has 5 heteroatoms. The molecular formula is C28H29N3O2. The molecule has 2 amide bonds. The van der Waals surface area contributed by atoms with E-state index in [1.165, 1.54) is 11.1 Å². The molecule has 0 aliphatic carbocycles. The van der Waals surface area contributed by atoms with E-state index in [0.29, 0.717) is 38.3 Å². The van der Waals surface area contributed by atoms with Gasteiger partial charge in [0.1, 0.15) is 5.69 Å². The van der Waals surface area contributed by atoms with E-state index in [2.05, 4.69) is 48.8 Å². The van der Waals surface area contributed by atoms with Crippen molar-refractivity contribution in [2.24, 2.45) is 5.92 Å². The van der Waals surface area contributed by atoms with Crippen molar-refractivity contribution in [1.82, 2.24) is 14.8 Å².